The molecule has 0 aromatic heterocycles. The summed E-state index contributed by atoms with van der Waals surface area (Å²) in [4.78, 5) is 38.5. The summed E-state index contributed by atoms with van der Waals surface area (Å²) in [6, 6.07) is 3.36. The summed E-state index contributed by atoms with van der Waals surface area (Å²) in [5, 5.41) is 9.03. The van der Waals surface area contributed by atoms with E-state index in [1.54, 1.807) is 4.90 Å². The highest BCUT2D eigenvalue weighted by atomic mass is 19.4. The number of benzene rings is 1. The van der Waals surface area contributed by atoms with Crippen LogP contribution in [0.5, 0.6) is 0 Å². The number of carbonyl (C=O) groups is 3. The van der Waals surface area contributed by atoms with E-state index in [0.717, 1.165) is 23.1 Å². The molecule has 2 aliphatic heterocycles. The third kappa shape index (κ3) is 3.44. The number of anilines is 1. The quantitative estimate of drug-likeness (QED) is 0.825. The van der Waals surface area contributed by atoms with Crippen LogP contribution in [-0.4, -0.2) is 46.9 Å². The van der Waals surface area contributed by atoms with Gasteiger partial charge in [-0.2, -0.15) is 13.2 Å². The van der Waals surface area contributed by atoms with Gasteiger partial charge in [0, 0.05) is 0 Å². The fourth-order valence-electron chi connectivity index (χ4n) is 3.45. The zero-order valence-electron chi connectivity index (χ0n) is 13.7. The van der Waals surface area contributed by atoms with Gasteiger partial charge < -0.3 is 5.11 Å². The molecule has 0 aliphatic carbocycles. The Morgan fingerprint density at radius 2 is 1.81 bits per heavy atom. The van der Waals surface area contributed by atoms with Gasteiger partial charge in [-0.3, -0.25) is 19.3 Å². The number of alkyl halides is 3. The van der Waals surface area contributed by atoms with Crippen LogP contribution in [0.4, 0.5) is 18.9 Å². The van der Waals surface area contributed by atoms with Crippen LogP contribution in [-0.2, 0) is 20.6 Å². The van der Waals surface area contributed by atoms with Crippen LogP contribution in [0.15, 0.2) is 24.3 Å². The molecule has 140 valence electrons. The molecular formula is C17H17F3N2O4. The Hall–Kier alpha value is -2.42. The van der Waals surface area contributed by atoms with Crippen molar-refractivity contribution in [2.24, 2.45) is 5.92 Å². The number of carbonyl (C=O) groups excluding carboxylic acids is 2. The third-order valence-corrected chi connectivity index (χ3v) is 4.87. The standard InChI is InChI=1S/C17H17F3N2O4/c18-17(19,20)11-2-1-3-12(8-11)22-14(23)9-13(15(22)24)21-6-4-10(5-7-21)16(25)26/h1-3,8,10,13H,4-7,9H2,(H,25,26). The van der Waals surface area contributed by atoms with Crippen molar-refractivity contribution >= 4 is 23.5 Å². The summed E-state index contributed by atoms with van der Waals surface area (Å²) < 4.78 is 38.6. The van der Waals surface area contributed by atoms with Gasteiger partial charge in [0.15, 0.2) is 0 Å². The van der Waals surface area contributed by atoms with Gasteiger partial charge in [0.1, 0.15) is 0 Å². The maximum Gasteiger partial charge on any atom is 0.416 e. The molecule has 0 saturated carbocycles. The molecular weight excluding hydrogens is 353 g/mol. The number of hydrogen-bond acceptors (Lipinski definition) is 4. The van der Waals surface area contributed by atoms with E-state index in [1.165, 1.54) is 6.07 Å². The van der Waals surface area contributed by atoms with Crippen molar-refractivity contribution in [3.05, 3.63) is 29.8 Å². The van der Waals surface area contributed by atoms with Gasteiger partial charge >= 0.3 is 12.1 Å². The maximum atomic E-state index is 12.9. The van der Waals surface area contributed by atoms with Gasteiger partial charge in [-0.05, 0) is 44.1 Å². The van der Waals surface area contributed by atoms with E-state index < -0.39 is 41.5 Å². The summed E-state index contributed by atoms with van der Waals surface area (Å²) in [6.07, 6.45) is -3.94. The predicted molar refractivity (Wildman–Crippen MR) is 84.3 cm³/mol. The van der Waals surface area contributed by atoms with E-state index in [1.807, 2.05) is 0 Å². The van der Waals surface area contributed by atoms with Gasteiger partial charge in [-0.1, -0.05) is 6.07 Å². The number of likely N-dealkylation sites (tertiary alicyclic amines) is 1. The van der Waals surface area contributed by atoms with Crippen LogP contribution < -0.4 is 4.90 Å². The van der Waals surface area contributed by atoms with Crippen LogP contribution >= 0.6 is 0 Å². The molecule has 2 amide bonds. The normalized spacial score (nSPS) is 22.9. The number of piperidine rings is 1. The van der Waals surface area contributed by atoms with E-state index >= 15 is 0 Å². The van der Waals surface area contributed by atoms with E-state index in [9.17, 15) is 27.6 Å². The highest BCUT2D eigenvalue weighted by Crippen LogP contribution is 2.34. The number of amides is 2. The lowest BCUT2D eigenvalue weighted by Crippen LogP contribution is -2.46. The number of halogens is 3. The van der Waals surface area contributed by atoms with Crippen molar-refractivity contribution in [3.8, 4) is 0 Å². The van der Waals surface area contributed by atoms with Crippen molar-refractivity contribution in [2.75, 3.05) is 18.0 Å². The highest BCUT2D eigenvalue weighted by molar-refractivity contribution is 6.22. The lowest BCUT2D eigenvalue weighted by atomic mass is 9.96. The molecule has 1 atom stereocenters. The van der Waals surface area contributed by atoms with Crippen LogP contribution in [0.1, 0.15) is 24.8 Å². The second-order valence-electron chi connectivity index (χ2n) is 6.48. The van der Waals surface area contributed by atoms with Crippen molar-refractivity contribution in [2.45, 2.75) is 31.5 Å². The zero-order valence-corrected chi connectivity index (χ0v) is 13.7. The largest absolute Gasteiger partial charge is 0.481 e. The molecule has 6 nitrogen and oxygen atoms in total. The predicted octanol–water partition coefficient (Wildman–Crippen LogP) is 2.13. The molecule has 0 bridgehead atoms. The summed E-state index contributed by atoms with van der Waals surface area (Å²) >= 11 is 0. The number of aliphatic carboxylic acids is 1. The minimum Gasteiger partial charge on any atom is -0.481 e. The molecule has 9 heteroatoms. The zero-order chi connectivity index (χ0) is 19.1. The average Bonchev–Trinajstić information content (AvgIpc) is 2.89. The average molecular weight is 370 g/mol. The van der Waals surface area contributed by atoms with Gasteiger partial charge in [-0.15, -0.1) is 0 Å². The first-order valence-electron chi connectivity index (χ1n) is 8.19. The Kier molecular flexibility index (Phi) is 4.74. The van der Waals surface area contributed by atoms with Crippen molar-refractivity contribution in [1.82, 2.24) is 4.90 Å². The number of imide groups is 1. The monoisotopic (exact) mass is 370 g/mol. The number of carboxylic acid groups (broad SMARTS) is 1. The summed E-state index contributed by atoms with van der Waals surface area (Å²) in [7, 11) is 0. The van der Waals surface area contributed by atoms with Crippen molar-refractivity contribution < 1.29 is 32.7 Å². The van der Waals surface area contributed by atoms with Crippen molar-refractivity contribution in [1.29, 1.82) is 0 Å². The van der Waals surface area contributed by atoms with E-state index in [-0.39, 0.29) is 12.1 Å². The van der Waals surface area contributed by atoms with Crippen LogP contribution in [0.2, 0.25) is 0 Å². The number of hydrogen-bond donors (Lipinski definition) is 1. The second-order valence-corrected chi connectivity index (χ2v) is 6.48. The molecule has 2 fully saturated rings. The third-order valence-electron chi connectivity index (χ3n) is 4.87. The van der Waals surface area contributed by atoms with Gasteiger partial charge in [-0.25, -0.2) is 4.90 Å². The smallest absolute Gasteiger partial charge is 0.416 e. The fraction of sp³-hybridized carbons (Fsp3) is 0.471. The molecule has 26 heavy (non-hydrogen) atoms. The van der Waals surface area contributed by atoms with Crippen LogP contribution in [0.3, 0.4) is 0 Å². The number of nitrogens with zero attached hydrogens (tertiary/aromatic N) is 2. The minimum absolute atomic E-state index is 0.0993. The highest BCUT2D eigenvalue weighted by Gasteiger charge is 2.44. The van der Waals surface area contributed by atoms with E-state index in [0.29, 0.717) is 25.9 Å². The molecule has 1 unspecified atom stereocenters. The molecule has 2 heterocycles. The first kappa shape index (κ1) is 18.4. The molecule has 2 aliphatic rings. The van der Waals surface area contributed by atoms with Gasteiger partial charge in [0.2, 0.25) is 5.91 Å². The summed E-state index contributed by atoms with van der Waals surface area (Å²) in [5.41, 5.74) is -1.03. The Labute approximate surface area is 147 Å². The molecule has 0 spiro atoms. The first-order valence-corrected chi connectivity index (χ1v) is 8.19. The first-order chi connectivity index (χ1) is 12.2. The maximum absolute atomic E-state index is 12.9. The second kappa shape index (κ2) is 6.71. The Balaban J connectivity index is 1.77. The molecule has 1 N–H and O–H groups in total. The Bertz CT molecular complexity index is 742. The lowest BCUT2D eigenvalue weighted by molar-refractivity contribution is -0.143. The molecule has 1 aromatic carbocycles. The van der Waals surface area contributed by atoms with Crippen LogP contribution in [0, 0.1) is 5.92 Å². The number of rotatable bonds is 3. The van der Waals surface area contributed by atoms with E-state index in [2.05, 4.69) is 0 Å². The van der Waals surface area contributed by atoms with Crippen molar-refractivity contribution in [3.63, 3.8) is 0 Å². The van der Waals surface area contributed by atoms with Crippen LogP contribution in [0.25, 0.3) is 0 Å². The number of carboxylic acids is 1. The molecule has 2 saturated heterocycles. The van der Waals surface area contributed by atoms with E-state index in [4.69, 9.17) is 5.11 Å². The topological polar surface area (TPSA) is 77.9 Å². The lowest BCUT2D eigenvalue weighted by Gasteiger charge is -2.33. The molecule has 1 aromatic rings. The summed E-state index contributed by atoms with van der Waals surface area (Å²) in [5.74, 6) is -2.48. The van der Waals surface area contributed by atoms with Gasteiger partial charge in [0.05, 0.1) is 29.6 Å². The molecule has 0 radical (unpaired) electrons. The SMILES string of the molecule is O=C(O)C1CCN(C2CC(=O)N(c3cccc(C(F)(F)F)c3)C2=O)CC1. The van der Waals surface area contributed by atoms with Gasteiger partial charge in [0.25, 0.3) is 5.91 Å². The summed E-state index contributed by atoms with van der Waals surface area (Å²) in [6.45, 7) is 0.716. The fourth-order valence-corrected chi connectivity index (χ4v) is 3.45. The Morgan fingerprint density at radius 1 is 1.15 bits per heavy atom. The molecule has 3 rings (SSSR count). The Morgan fingerprint density at radius 3 is 2.38 bits per heavy atom. The minimum atomic E-state index is -4.57.